The number of aromatic carboxylic acids is 2. The maximum atomic E-state index is 10.5. The Hall–Kier alpha value is -6.64. The Morgan fingerprint density at radius 3 is 0.879 bits per heavy atom. The van der Waals surface area contributed by atoms with E-state index in [1.807, 2.05) is 24.3 Å². The second-order valence-electron chi connectivity index (χ2n) is 11.4. The van der Waals surface area contributed by atoms with E-state index >= 15 is 0 Å². The van der Waals surface area contributed by atoms with Gasteiger partial charge in [0, 0.05) is 82.2 Å². The fraction of sp³-hybridized carbons (Fsp3) is 0.0476. The summed E-state index contributed by atoms with van der Waals surface area (Å²) in [4.78, 5) is 58.8. The number of carbonyl (C=O) groups excluding carboxylic acids is 4. The minimum absolute atomic E-state index is 0. The molecule has 0 spiro atoms. The Morgan fingerprint density at radius 1 is 0.379 bits per heavy atom. The van der Waals surface area contributed by atoms with E-state index in [0.717, 1.165) is 43.6 Å². The van der Waals surface area contributed by atoms with Crippen LogP contribution in [0.25, 0.3) is 43.6 Å². The van der Waals surface area contributed by atoms with Gasteiger partial charge in [-0.3, -0.25) is 19.9 Å². The SMILES string of the molecule is O=C([O-])Cc1ccccc1C(=O)[O-].O=C([O-])Cc1ccccc1C(=O)[O-].[Mn+2].[Mn+2].[OH3+].[OH3+].c1cnc2c(c1)ccc1cccnc12.c1cnc2c(c1)ccc1cccnc12. The molecule has 8 aromatic rings. The quantitative estimate of drug-likeness (QED) is 0.125. The first-order valence-corrected chi connectivity index (χ1v) is 16.3. The van der Waals surface area contributed by atoms with Crippen LogP contribution in [0.4, 0.5) is 0 Å². The zero-order valence-electron chi connectivity index (χ0n) is 30.2. The molecule has 0 saturated heterocycles. The van der Waals surface area contributed by atoms with Gasteiger partial charge in [-0.25, -0.2) is 0 Å². The summed E-state index contributed by atoms with van der Waals surface area (Å²) in [6.45, 7) is 0. The van der Waals surface area contributed by atoms with Crippen molar-refractivity contribution in [3.8, 4) is 0 Å². The average molecular weight is 865 g/mol. The van der Waals surface area contributed by atoms with Gasteiger partial charge in [0.1, 0.15) is 0 Å². The van der Waals surface area contributed by atoms with Crippen LogP contribution < -0.4 is 20.4 Å². The molecule has 0 bridgehead atoms. The zero-order chi connectivity index (χ0) is 38.5. The van der Waals surface area contributed by atoms with Gasteiger partial charge in [0.25, 0.3) is 0 Å². The van der Waals surface area contributed by atoms with Gasteiger partial charge in [-0.05, 0) is 35.4 Å². The van der Waals surface area contributed by atoms with E-state index in [1.54, 1.807) is 36.9 Å². The predicted octanol–water partition coefficient (Wildman–Crippen LogP) is 0.402. The van der Waals surface area contributed by atoms with Crippen LogP contribution in [-0.2, 0) is 67.5 Å². The predicted molar refractivity (Wildman–Crippen MR) is 203 cm³/mol. The minimum Gasteiger partial charge on any atom is -0.550 e. The smallest absolute Gasteiger partial charge is 0.550 e. The number of hydrogen-bond acceptors (Lipinski definition) is 12. The van der Waals surface area contributed by atoms with Crippen LogP contribution in [0.2, 0.25) is 0 Å². The van der Waals surface area contributed by atoms with Crippen LogP contribution >= 0.6 is 0 Å². The molecule has 58 heavy (non-hydrogen) atoms. The van der Waals surface area contributed by atoms with Crippen LogP contribution in [0.3, 0.4) is 0 Å². The molecule has 0 unspecified atom stereocenters. The van der Waals surface area contributed by atoms with Gasteiger partial charge in [0.15, 0.2) is 0 Å². The molecule has 14 nitrogen and oxygen atoms in total. The Balaban J connectivity index is 0.000000378. The molecule has 0 saturated carbocycles. The average Bonchev–Trinajstić information content (AvgIpc) is 3.18. The third kappa shape index (κ3) is 13.2. The van der Waals surface area contributed by atoms with Crippen LogP contribution in [0.1, 0.15) is 31.8 Å². The standard InChI is InChI=1S/2C12H8N2.2C9H8O4.2Mn.2H2O/c2*1-3-9-5-6-10-4-2-8-14-12(10)11(9)13-7-1;2*10-8(11)5-6-3-1-2-4-7(6)9(12)13;;;;/h2*1-8H;2*1-4H,5H2,(H,10,11)(H,12,13);;;2*1H2/q;;;;2*+2;;/p-2. The maximum absolute atomic E-state index is 10.5. The molecule has 0 amide bonds. The third-order valence-electron chi connectivity index (χ3n) is 7.83. The van der Waals surface area contributed by atoms with Gasteiger partial charge in [0.2, 0.25) is 0 Å². The Kier molecular flexibility index (Phi) is 20.5. The number of carboxylic acid groups (broad SMARTS) is 4. The number of rotatable bonds is 6. The monoisotopic (exact) mass is 864 g/mol. The van der Waals surface area contributed by atoms with Gasteiger partial charge in [-0.2, -0.15) is 0 Å². The molecular weight excluding hydrogens is 830 g/mol. The summed E-state index contributed by atoms with van der Waals surface area (Å²) in [5.74, 6) is -5.38. The molecule has 4 aromatic carbocycles. The van der Waals surface area contributed by atoms with E-state index in [4.69, 9.17) is 0 Å². The number of benzene rings is 4. The van der Waals surface area contributed by atoms with Crippen molar-refractivity contribution in [1.82, 2.24) is 19.9 Å². The van der Waals surface area contributed by atoms with Crippen molar-refractivity contribution in [2.24, 2.45) is 0 Å². The minimum atomic E-state index is -1.38. The number of fused-ring (bicyclic) bond motifs is 6. The Labute approximate surface area is 351 Å². The first-order chi connectivity index (χ1) is 26.1. The molecule has 0 fully saturated rings. The zero-order valence-corrected chi connectivity index (χ0v) is 32.6. The number of nitrogens with zero attached hydrogens (tertiary/aromatic N) is 4. The van der Waals surface area contributed by atoms with Crippen molar-refractivity contribution in [2.45, 2.75) is 12.8 Å². The van der Waals surface area contributed by atoms with Crippen molar-refractivity contribution in [1.29, 1.82) is 0 Å². The number of carbonyl (C=O) groups is 4. The topological polar surface area (TPSA) is 278 Å². The van der Waals surface area contributed by atoms with Gasteiger partial charge in [0.05, 0.1) is 34.0 Å². The van der Waals surface area contributed by atoms with Gasteiger partial charge < -0.3 is 50.6 Å². The first kappa shape index (κ1) is 49.4. The van der Waals surface area contributed by atoms with Crippen molar-refractivity contribution in [3.05, 3.63) is 168 Å². The largest absolute Gasteiger partial charge is 2.00 e. The number of carboxylic acids is 4. The van der Waals surface area contributed by atoms with Gasteiger partial charge in [-0.1, -0.05) is 97.1 Å². The van der Waals surface area contributed by atoms with Crippen LogP contribution in [-0.4, -0.2) is 43.8 Å². The van der Waals surface area contributed by atoms with E-state index in [1.165, 1.54) is 36.4 Å². The summed E-state index contributed by atoms with van der Waals surface area (Å²) in [5, 5.41) is 45.9. The van der Waals surface area contributed by atoms with Crippen molar-refractivity contribution in [3.63, 3.8) is 0 Å². The Bertz CT molecular complexity index is 2340. The molecule has 0 aliphatic carbocycles. The summed E-state index contributed by atoms with van der Waals surface area (Å²) in [7, 11) is 0. The molecule has 6 N–H and O–H groups in total. The Morgan fingerprint density at radius 2 is 0.638 bits per heavy atom. The second kappa shape index (κ2) is 24.1. The number of aliphatic carboxylic acids is 2. The van der Waals surface area contributed by atoms with E-state index in [0.29, 0.717) is 0 Å². The third-order valence-corrected chi connectivity index (χ3v) is 7.83. The summed E-state index contributed by atoms with van der Waals surface area (Å²) < 4.78 is 0. The molecule has 4 heterocycles. The van der Waals surface area contributed by atoms with E-state index in [9.17, 15) is 39.6 Å². The molecule has 2 radical (unpaired) electrons. The normalized spacial score (nSPS) is 9.52. The van der Waals surface area contributed by atoms with E-state index in [2.05, 4.69) is 68.5 Å². The maximum Gasteiger partial charge on any atom is 2.00 e. The summed E-state index contributed by atoms with van der Waals surface area (Å²) in [5.41, 5.74) is 4.09. The van der Waals surface area contributed by atoms with Crippen molar-refractivity contribution in [2.75, 3.05) is 0 Å². The molecule has 4 aromatic heterocycles. The number of aromatic nitrogens is 4. The molecule has 294 valence electrons. The molecule has 8 rings (SSSR count). The van der Waals surface area contributed by atoms with Crippen molar-refractivity contribution < 1.29 is 84.7 Å². The van der Waals surface area contributed by atoms with Gasteiger partial charge >= 0.3 is 34.1 Å². The molecule has 16 heteroatoms. The molecular formula is C42H34Mn2N4O10+2. The number of pyridine rings is 4. The van der Waals surface area contributed by atoms with Crippen LogP contribution in [0.5, 0.6) is 0 Å². The van der Waals surface area contributed by atoms with Crippen molar-refractivity contribution >= 4 is 67.5 Å². The fourth-order valence-electron chi connectivity index (χ4n) is 5.42. The summed E-state index contributed by atoms with van der Waals surface area (Å²) >= 11 is 0. The summed E-state index contributed by atoms with van der Waals surface area (Å²) in [6, 6.07) is 35.8. The molecule has 0 aliphatic rings. The number of hydrogen-bond donors (Lipinski definition) is 0. The fourth-order valence-corrected chi connectivity index (χ4v) is 5.42. The van der Waals surface area contributed by atoms with E-state index in [-0.39, 0.29) is 67.3 Å². The molecule has 0 atom stereocenters. The van der Waals surface area contributed by atoms with Crippen LogP contribution in [0.15, 0.2) is 146 Å². The first-order valence-electron chi connectivity index (χ1n) is 16.3. The summed E-state index contributed by atoms with van der Waals surface area (Å²) in [6.07, 6.45) is 6.38. The van der Waals surface area contributed by atoms with Gasteiger partial charge in [-0.15, -0.1) is 0 Å². The van der Waals surface area contributed by atoms with Crippen LogP contribution in [0, 0.1) is 0 Å². The molecule has 0 aliphatic heterocycles. The van der Waals surface area contributed by atoms with E-state index < -0.39 is 36.7 Å². The second-order valence-corrected chi connectivity index (χ2v) is 11.4.